The number of nitrogens with two attached hydrogens (primary N) is 1. The van der Waals surface area contributed by atoms with E-state index < -0.39 is 23.7 Å². The molecule has 0 spiro atoms. The number of alkyl halides is 3. The number of hydrogen-bond donors (Lipinski definition) is 2. The topological polar surface area (TPSA) is 55.1 Å². The van der Waals surface area contributed by atoms with Crippen molar-refractivity contribution in [2.24, 2.45) is 5.73 Å². The van der Waals surface area contributed by atoms with Crippen molar-refractivity contribution in [1.29, 1.82) is 0 Å². The van der Waals surface area contributed by atoms with Gasteiger partial charge in [0.25, 0.3) is 0 Å². The molecule has 1 aromatic rings. The lowest BCUT2D eigenvalue weighted by molar-refractivity contribution is -0.137. The zero-order valence-electron chi connectivity index (χ0n) is 9.51. The molecule has 0 aliphatic carbocycles. The van der Waals surface area contributed by atoms with Crippen LogP contribution in [0.1, 0.15) is 18.9 Å². The molecule has 0 radical (unpaired) electrons. The first-order chi connectivity index (χ1) is 8.20. The van der Waals surface area contributed by atoms with Gasteiger partial charge in [-0.05, 0) is 25.1 Å². The van der Waals surface area contributed by atoms with Crippen molar-refractivity contribution >= 4 is 27.5 Å². The lowest BCUT2D eigenvalue weighted by atomic mass is 10.1. The number of carbonyl (C=O) groups excluding carboxylic acids is 1. The Morgan fingerprint density at radius 2 is 2.11 bits per heavy atom. The first kappa shape index (κ1) is 15.0. The maximum absolute atomic E-state index is 12.7. The third-order valence-corrected chi connectivity index (χ3v) is 2.56. The van der Waals surface area contributed by atoms with Gasteiger partial charge in [0, 0.05) is 16.9 Å². The van der Waals surface area contributed by atoms with E-state index in [2.05, 4.69) is 21.2 Å². The molecule has 1 unspecified atom stereocenters. The number of amides is 1. The van der Waals surface area contributed by atoms with Crippen LogP contribution in [-0.4, -0.2) is 11.9 Å². The van der Waals surface area contributed by atoms with Gasteiger partial charge in [-0.1, -0.05) is 15.9 Å². The zero-order chi connectivity index (χ0) is 13.9. The molecule has 3 N–H and O–H groups in total. The summed E-state index contributed by atoms with van der Waals surface area (Å²) in [4.78, 5) is 11.4. The quantitative estimate of drug-likeness (QED) is 0.897. The summed E-state index contributed by atoms with van der Waals surface area (Å²) < 4.78 is 38.5. The minimum absolute atomic E-state index is 0.0344. The van der Waals surface area contributed by atoms with Gasteiger partial charge in [0.15, 0.2) is 0 Å². The van der Waals surface area contributed by atoms with Crippen LogP contribution in [0, 0.1) is 0 Å². The van der Waals surface area contributed by atoms with E-state index in [0.29, 0.717) is 4.47 Å². The van der Waals surface area contributed by atoms with Crippen LogP contribution in [0.5, 0.6) is 0 Å². The number of halogens is 4. The summed E-state index contributed by atoms with van der Waals surface area (Å²) in [5, 5.41) is 2.22. The van der Waals surface area contributed by atoms with Gasteiger partial charge in [0.05, 0.1) is 11.3 Å². The SMILES string of the molecule is CC(N)CC(=O)Nc1ccc(Br)cc1C(F)(F)F. The smallest absolute Gasteiger partial charge is 0.327 e. The number of rotatable bonds is 3. The van der Waals surface area contributed by atoms with E-state index >= 15 is 0 Å². The van der Waals surface area contributed by atoms with Crippen LogP contribution in [0.15, 0.2) is 22.7 Å². The molecule has 0 saturated heterocycles. The standard InChI is InChI=1S/C11H12BrF3N2O/c1-6(16)4-10(18)17-9-3-2-7(12)5-8(9)11(13,14)15/h2-3,5-6H,4,16H2,1H3,(H,17,18). The van der Waals surface area contributed by atoms with Gasteiger partial charge in [0.2, 0.25) is 5.91 Å². The van der Waals surface area contributed by atoms with Crippen molar-refractivity contribution in [2.75, 3.05) is 5.32 Å². The van der Waals surface area contributed by atoms with Crippen molar-refractivity contribution in [2.45, 2.75) is 25.6 Å². The van der Waals surface area contributed by atoms with Gasteiger partial charge >= 0.3 is 6.18 Å². The number of benzene rings is 1. The molecule has 0 fully saturated rings. The second-order valence-electron chi connectivity index (χ2n) is 3.92. The Bertz CT molecular complexity index is 446. The average molecular weight is 325 g/mol. The summed E-state index contributed by atoms with van der Waals surface area (Å²) in [5.41, 5.74) is 4.24. The number of anilines is 1. The van der Waals surface area contributed by atoms with E-state index in [-0.39, 0.29) is 12.1 Å². The monoisotopic (exact) mass is 324 g/mol. The lowest BCUT2D eigenvalue weighted by Gasteiger charge is -2.14. The van der Waals surface area contributed by atoms with E-state index in [1.807, 2.05) is 0 Å². The molecule has 1 amide bonds. The summed E-state index contributed by atoms with van der Waals surface area (Å²) in [5.74, 6) is -0.544. The fourth-order valence-electron chi connectivity index (χ4n) is 1.35. The van der Waals surface area contributed by atoms with Crippen molar-refractivity contribution in [3.63, 3.8) is 0 Å². The largest absolute Gasteiger partial charge is 0.418 e. The van der Waals surface area contributed by atoms with E-state index in [0.717, 1.165) is 6.07 Å². The molecule has 0 aliphatic heterocycles. The minimum Gasteiger partial charge on any atom is -0.327 e. The molecule has 0 aliphatic rings. The fraction of sp³-hybridized carbons (Fsp3) is 0.364. The number of carbonyl (C=O) groups is 1. The van der Waals surface area contributed by atoms with Crippen molar-refractivity contribution < 1.29 is 18.0 Å². The molecular formula is C11H12BrF3N2O. The Hall–Kier alpha value is -1.08. The fourth-order valence-corrected chi connectivity index (χ4v) is 1.71. The van der Waals surface area contributed by atoms with Crippen LogP contribution >= 0.6 is 15.9 Å². The summed E-state index contributed by atoms with van der Waals surface area (Å²) in [6.07, 6.45) is -4.56. The molecule has 100 valence electrons. The molecule has 0 aromatic heterocycles. The molecule has 18 heavy (non-hydrogen) atoms. The highest BCUT2D eigenvalue weighted by Crippen LogP contribution is 2.36. The van der Waals surface area contributed by atoms with Gasteiger partial charge in [-0.15, -0.1) is 0 Å². The van der Waals surface area contributed by atoms with Crippen LogP contribution in [0.2, 0.25) is 0 Å². The second-order valence-corrected chi connectivity index (χ2v) is 4.83. The predicted octanol–water partition coefficient (Wildman–Crippen LogP) is 3.14. The first-order valence-electron chi connectivity index (χ1n) is 5.12. The normalized spacial score (nSPS) is 13.2. The van der Waals surface area contributed by atoms with Crippen molar-refractivity contribution in [3.05, 3.63) is 28.2 Å². The molecule has 7 heteroatoms. The molecule has 0 bridgehead atoms. The Morgan fingerprint density at radius 1 is 1.50 bits per heavy atom. The molecule has 1 aromatic carbocycles. The Balaban J connectivity index is 2.99. The predicted molar refractivity (Wildman–Crippen MR) is 66.0 cm³/mol. The average Bonchev–Trinajstić information content (AvgIpc) is 2.17. The molecule has 0 saturated carbocycles. The van der Waals surface area contributed by atoms with Crippen molar-refractivity contribution in [3.8, 4) is 0 Å². The number of hydrogen-bond acceptors (Lipinski definition) is 2. The minimum atomic E-state index is -4.53. The van der Waals surface area contributed by atoms with Gasteiger partial charge in [-0.2, -0.15) is 13.2 Å². The summed E-state index contributed by atoms with van der Waals surface area (Å²) >= 11 is 2.96. The third kappa shape index (κ3) is 4.30. The van der Waals surface area contributed by atoms with E-state index in [1.54, 1.807) is 6.92 Å². The van der Waals surface area contributed by atoms with E-state index in [1.165, 1.54) is 12.1 Å². The van der Waals surface area contributed by atoms with Crippen LogP contribution in [0.4, 0.5) is 18.9 Å². The molecular weight excluding hydrogens is 313 g/mol. The number of nitrogens with one attached hydrogen (secondary N) is 1. The highest BCUT2D eigenvalue weighted by atomic mass is 79.9. The molecule has 1 rings (SSSR count). The summed E-state index contributed by atoms with van der Waals surface area (Å²) in [7, 11) is 0. The Morgan fingerprint density at radius 3 is 2.61 bits per heavy atom. The summed E-state index contributed by atoms with van der Waals surface area (Å²) in [6.45, 7) is 1.60. The van der Waals surface area contributed by atoms with Crippen LogP contribution in [0.3, 0.4) is 0 Å². The van der Waals surface area contributed by atoms with E-state index in [9.17, 15) is 18.0 Å². The maximum atomic E-state index is 12.7. The van der Waals surface area contributed by atoms with Crippen LogP contribution in [-0.2, 0) is 11.0 Å². The van der Waals surface area contributed by atoms with E-state index in [4.69, 9.17) is 5.73 Å². The molecule has 1 atom stereocenters. The maximum Gasteiger partial charge on any atom is 0.418 e. The summed E-state index contributed by atoms with van der Waals surface area (Å²) in [6, 6.07) is 3.14. The highest BCUT2D eigenvalue weighted by Gasteiger charge is 2.34. The zero-order valence-corrected chi connectivity index (χ0v) is 11.1. The lowest BCUT2D eigenvalue weighted by Crippen LogP contribution is -2.25. The Kier molecular flexibility index (Phi) is 4.75. The van der Waals surface area contributed by atoms with Crippen LogP contribution in [0.25, 0.3) is 0 Å². The van der Waals surface area contributed by atoms with Gasteiger partial charge < -0.3 is 11.1 Å². The Labute approximate surface area is 111 Å². The van der Waals surface area contributed by atoms with Gasteiger partial charge in [0.1, 0.15) is 0 Å². The molecule has 0 heterocycles. The second kappa shape index (κ2) is 5.71. The van der Waals surface area contributed by atoms with Gasteiger partial charge in [-0.3, -0.25) is 4.79 Å². The first-order valence-corrected chi connectivity index (χ1v) is 5.91. The third-order valence-electron chi connectivity index (χ3n) is 2.07. The van der Waals surface area contributed by atoms with Crippen LogP contribution < -0.4 is 11.1 Å². The van der Waals surface area contributed by atoms with Crippen molar-refractivity contribution in [1.82, 2.24) is 0 Å². The highest BCUT2D eigenvalue weighted by molar-refractivity contribution is 9.10. The molecule has 3 nitrogen and oxygen atoms in total. The van der Waals surface area contributed by atoms with Gasteiger partial charge in [-0.25, -0.2) is 0 Å².